The van der Waals surface area contributed by atoms with E-state index in [4.69, 9.17) is 21.7 Å². The highest BCUT2D eigenvalue weighted by Crippen LogP contribution is 2.24. The molecular formula is C23H19N3O3S. The first-order chi connectivity index (χ1) is 14.6. The van der Waals surface area contributed by atoms with E-state index in [1.807, 2.05) is 66.7 Å². The number of anilines is 1. The van der Waals surface area contributed by atoms with Gasteiger partial charge in [0.1, 0.15) is 22.9 Å². The first-order valence-corrected chi connectivity index (χ1v) is 9.63. The summed E-state index contributed by atoms with van der Waals surface area (Å²) in [7, 11) is 1.60. The zero-order valence-electron chi connectivity index (χ0n) is 16.1. The predicted molar refractivity (Wildman–Crippen MR) is 121 cm³/mol. The highest BCUT2D eigenvalue weighted by atomic mass is 32.1. The zero-order valence-corrected chi connectivity index (χ0v) is 17.0. The van der Waals surface area contributed by atoms with Crippen molar-refractivity contribution in [3.05, 3.63) is 84.6 Å². The number of methoxy groups -OCH3 is 1. The van der Waals surface area contributed by atoms with E-state index in [1.54, 1.807) is 19.2 Å². The van der Waals surface area contributed by atoms with Crippen molar-refractivity contribution in [3.63, 3.8) is 0 Å². The highest BCUT2D eigenvalue weighted by Gasteiger charge is 2.12. The summed E-state index contributed by atoms with van der Waals surface area (Å²) in [6.45, 7) is 0. The van der Waals surface area contributed by atoms with Crippen LogP contribution in [0.25, 0.3) is 10.9 Å². The first kappa shape index (κ1) is 19.5. The van der Waals surface area contributed by atoms with E-state index < -0.39 is 0 Å². The average molecular weight is 417 g/mol. The second-order valence-electron chi connectivity index (χ2n) is 6.49. The van der Waals surface area contributed by atoms with E-state index in [-0.39, 0.29) is 11.0 Å². The van der Waals surface area contributed by atoms with Crippen molar-refractivity contribution in [3.8, 4) is 17.2 Å². The Labute approximate surface area is 178 Å². The smallest absolute Gasteiger partial charge is 0.273 e. The number of ether oxygens (including phenoxy) is 2. The summed E-state index contributed by atoms with van der Waals surface area (Å²) in [5, 5.41) is 6.75. The molecule has 0 aliphatic carbocycles. The lowest BCUT2D eigenvalue weighted by atomic mass is 10.2. The Morgan fingerprint density at radius 3 is 2.50 bits per heavy atom. The molecule has 4 rings (SSSR count). The van der Waals surface area contributed by atoms with Gasteiger partial charge in [-0.3, -0.25) is 10.1 Å². The van der Waals surface area contributed by atoms with Crippen molar-refractivity contribution in [1.29, 1.82) is 0 Å². The molecule has 0 aliphatic rings. The largest absolute Gasteiger partial charge is 0.497 e. The fraction of sp³-hybridized carbons (Fsp3) is 0.0435. The number of carbonyl (C=O) groups excluding carboxylic acids is 1. The molecule has 0 unspecified atom stereocenters. The molecule has 1 heterocycles. The third-order valence-corrected chi connectivity index (χ3v) is 4.57. The summed E-state index contributed by atoms with van der Waals surface area (Å²) in [6.07, 6.45) is 0. The summed E-state index contributed by atoms with van der Waals surface area (Å²) in [5.74, 6) is 1.79. The molecular weight excluding hydrogens is 398 g/mol. The maximum atomic E-state index is 12.6. The molecule has 0 bridgehead atoms. The number of H-pyrrole nitrogens is 1. The molecule has 0 aliphatic heterocycles. The van der Waals surface area contributed by atoms with Crippen LogP contribution in [-0.4, -0.2) is 23.1 Å². The lowest BCUT2D eigenvalue weighted by Crippen LogP contribution is -2.34. The maximum Gasteiger partial charge on any atom is 0.273 e. The van der Waals surface area contributed by atoms with Crippen LogP contribution < -0.4 is 20.1 Å². The number of amides is 1. The van der Waals surface area contributed by atoms with Gasteiger partial charge in [0.15, 0.2) is 5.11 Å². The van der Waals surface area contributed by atoms with Crippen molar-refractivity contribution in [2.45, 2.75) is 0 Å². The van der Waals surface area contributed by atoms with Gasteiger partial charge in [-0.1, -0.05) is 24.3 Å². The molecule has 0 saturated heterocycles. The predicted octanol–water partition coefficient (Wildman–Crippen LogP) is 5.10. The van der Waals surface area contributed by atoms with Crippen molar-refractivity contribution in [2.75, 3.05) is 12.4 Å². The van der Waals surface area contributed by atoms with Gasteiger partial charge < -0.3 is 19.8 Å². The lowest BCUT2D eigenvalue weighted by molar-refractivity contribution is 0.0973. The molecule has 3 aromatic carbocycles. The number of aromatic nitrogens is 1. The fourth-order valence-electron chi connectivity index (χ4n) is 2.95. The number of fused-ring (bicyclic) bond motifs is 1. The van der Waals surface area contributed by atoms with Crippen molar-refractivity contribution in [1.82, 2.24) is 10.3 Å². The molecule has 4 aromatic rings. The van der Waals surface area contributed by atoms with E-state index >= 15 is 0 Å². The van der Waals surface area contributed by atoms with Crippen LogP contribution in [0.4, 0.5) is 5.69 Å². The van der Waals surface area contributed by atoms with Crippen LogP contribution in [0.2, 0.25) is 0 Å². The minimum Gasteiger partial charge on any atom is -0.497 e. The third kappa shape index (κ3) is 4.59. The number of aromatic amines is 1. The summed E-state index contributed by atoms with van der Waals surface area (Å²) < 4.78 is 11.0. The molecule has 0 fully saturated rings. The van der Waals surface area contributed by atoms with Crippen LogP contribution in [0.15, 0.2) is 78.9 Å². The monoisotopic (exact) mass is 417 g/mol. The van der Waals surface area contributed by atoms with Gasteiger partial charge in [-0.25, -0.2) is 0 Å². The normalized spacial score (nSPS) is 10.4. The molecule has 0 atom stereocenters. The Bertz CT molecular complexity index is 1200. The van der Waals surface area contributed by atoms with Crippen molar-refractivity contribution < 1.29 is 14.3 Å². The van der Waals surface area contributed by atoms with E-state index in [2.05, 4.69) is 15.6 Å². The van der Waals surface area contributed by atoms with Gasteiger partial charge in [-0.05, 0) is 60.7 Å². The lowest BCUT2D eigenvalue weighted by Gasteiger charge is -2.11. The second kappa shape index (κ2) is 8.67. The van der Waals surface area contributed by atoms with Crippen LogP contribution >= 0.6 is 12.2 Å². The van der Waals surface area contributed by atoms with Crippen molar-refractivity contribution in [2.24, 2.45) is 0 Å². The summed E-state index contributed by atoms with van der Waals surface area (Å²) >= 11 is 5.29. The Kier molecular flexibility index (Phi) is 5.63. The van der Waals surface area contributed by atoms with Crippen LogP contribution in [0, 0.1) is 0 Å². The Morgan fingerprint density at radius 2 is 1.70 bits per heavy atom. The molecule has 0 radical (unpaired) electrons. The molecule has 7 heteroatoms. The van der Waals surface area contributed by atoms with Gasteiger partial charge in [0.2, 0.25) is 0 Å². The van der Waals surface area contributed by atoms with Crippen molar-refractivity contribution >= 4 is 39.8 Å². The summed E-state index contributed by atoms with van der Waals surface area (Å²) in [5.41, 5.74) is 1.95. The Balaban J connectivity index is 1.41. The van der Waals surface area contributed by atoms with Gasteiger partial charge in [0.05, 0.1) is 7.11 Å². The van der Waals surface area contributed by atoms with E-state index in [0.29, 0.717) is 17.1 Å². The highest BCUT2D eigenvalue weighted by molar-refractivity contribution is 7.80. The summed E-state index contributed by atoms with van der Waals surface area (Å²) in [6, 6.07) is 24.1. The van der Waals surface area contributed by atoms with E-state index in [1.165, 1.54) is 0 Å². The van der Waals surface area contributed by atoms with E-state index in [0.717, 1.165) is 22.4 Å². The number of benzene rings is 3. The number of hydrogen-bond donors (Lipinski definition) is 3. The second-order valence-corrected chi connectivity index (χ2v) is 6.90. The van der Waals surface area contributed by atoms with Crippen LogP contribution in [0.5, 0.6) is 17.2 Å². The van der Waals surface area contributed by atoms with Gasteiger partial charge in [-0.15, -0.1) is 0 Å². The molecule has 6 nitrogen and oxygen atoms in total. The molecule has 30 heavy (non-hydrogen) atoms. The molecule has 0 saturated carbocycles. The number of para-hydroxylation sites is 1. The van der Waals surface area contributed by atoms with Crippen LogP contribution in [0.3, 0.4) is 0 Å². The number of nitrogens with one attached hydrogen (secondary N) is 3. The van der Waals surface area contributed by atoms with E-state index in [9.17, 15) is 4.79 Å². The molecule has 1 amide bonds. The standard InChI is InChI=1S/C23H19N3O3S/c1-28-18-10-11-20-15(12-18)13-21(25-20)22(27)26-23(30)24-16-6-5-9-19(14-16)29-17-7-3-2-4-8-17/h2-14,25H,1H3,(H2,24,26,27,30). The number of hydrogen-bond acceptors (Lipinski definition) is 4. The molecule has 0 spiro atoms. The average Bonchev–Trinajstić information content (AvgIpc) is 3.18. The Morgan fingerprint density at radius 1 is 0.900 bits per heavy atom. The fourth-order valence-corrected chi connectivity index (χ4v) is 3.17. The van der Waals surface area contributed by atoms with Gasteiger partial charge in [-0.2, -0.15) is 0 Å². The Hall–Kier alpha value is -3.84. The molecule has 150 valence electrons. The number of carbonyl (C=O) groups is 1. The zero-order chi connectivity index (χ0) is 20.9. The van der Waals surface area contributed by atoms with Gasteiger partial charge >= 0.3 is 0 Å². The SMILES string of the molecule is COc1ccc2[nH]c(C(=O)NC(=S)Nc3cccc(Oc4ccccc4)c3)cc2c1. The topological polar surface area (TPSA) is 75.4 Å². The maximum absolute atomic E-state index is 12.6. The quantitative estimate of drug-likeness (QED) is 0.394. The minimum absolute atomic E-state index is 0.188. The number of thiocarbonyl (C=S) groups is 1. The third-order valence-electron chi connectivity index (χ3n) is 4.37. The van der Waals surface area contributed by atoms with Crippen LogP contribution in [0.1, 0.15) is 10.5 Å². The minimum atomic E-state index is -0.334. The van der Waals surface area contributed by atoms with Gasteiger partial charge in [0, 0.05) is 22.7 Å². The first-order valence-electron chi connectivity index (χ1n) is 9.23. The van der Waals surface area contributed by atoms with Crippen LogP contribution in [-0.2, 0) is 0 Å². The molecule has 3 N–H and O–H groups in total. The molecule has 1 aromatic heterocycles. The van der Waals surface area contributed by atoms with Gasteiger partial charge in [0.25, 0.3) is 5.91 Å². The number of rotatable bonds is 5. The summed E-state index contributed by atoms with van der Waals surface area (Å²) in [4.78, 5) is 15.6.